The number of aliphatic imine (C=N–C) groups is 1. The fourth-order valence-electron chi connectivity index (χ4n) is 3.99. The van der Waals surface area contributed by atoms with E-state index in [1.54, 1.807) is 6.08 Å². The topological polar surface area (TPSA) is 73.8 Å². The summed E-state index contributed by atoms with van der Waals surface area (Å²) in [5.74, 6) is -0.313. The minimum absolute atomic E-state index is 0.0781. The third kappa shape index (κ3) is 3.58. The van der Waals surface area contributed by atoms with Crippen molar-refractivity contribution in [1.82, 2.24) is 9.58 Å². The third-order valence-corrected chi connectivity index (χ3v) is 6.65. The highest BCUT2D eigenvalue weighted by Crippen LogP contribution is 2.31. The lowest BCUT2D eigenvalue weighted by Crippen LogP contribution is -2.35. The first-order valence-electron chi connectivity index (χ1n) is 10.7. The van der Waals surface area contributed by atoms with E-state index in [1.807, 2.05) is 24.3 Å². The molecule has 32 heavy (non-hydrogen) atoms. The number of hydrogen-bond acceptors (Lipinski definition) is 4. The number of aromatic nitrogens is 1. The highest BCUT2D eigenvalue weighted by molar-refractivity contribution is 8.26. The second-order valence-corrected chi connectivity index (χ2v) is 8.96. The van der Waals surface area contributed by atoms with E-state index < -0.39 is 5.91 Å². The molecule has 7 heteroatoms. The first-order chi connectivity index (χ1) is 15.5. The molecule has 1 amide bonds. The standard InChI is InChI=1S/C25H23N5OS/c1-3-8-22-28-30-23(26)20(24(31)27-25(30)32-22)13-18-15-29(21-12-7-6-11-19(18)21)14-17-10-5-4-9-16(17)2/h4-7,9-13,15,26H,3,8,14H2,1-2H3/b20-13-,26-23?. The fraction of sp³-hybridized carbons (Fsp3) is 0.200. The van der Waals surface area contributed by atoms with Gasteiger partial charge in [0.1, 0.15) is 5.04 Å². The maximum absolute atomic E-state index is 12.8. The quantitative estimate of drug-likeness (QED) is 0.538. The average molecular weight is 442 g/mol. The molecule has 0 bridgehead atoms. The normalized spacial score (nSPS) is 17.2. The number of amidine groups is 2. The number of amides is 1. The molecule has 0 unspecified atom stereocenters. The van der Waals surface area contributed by atoms with Crippen LogP contribution in [0, 0.1) is 12.3 Å². The van der Waals surface area contributed by atoms with E-state index in [9.17, 15) is 4.79 Å². The fourth-order valence-corrected chi connectivity index (χ4v) is 4.98. The van der Waals surface area contributed by atoms with Crippen molar-refractivity contribution in [3.63, 3.8) is 0 Å². The van der Waals surface area contributed by atoms with Crippen LogP contribution < -0.4 is 0 Å². The molecule has 0 fully saturated rings. The van der Waals surface area contributed by atoms with Crippen LogP contribution in [-0.4, -0.2) is 31.5 Å². The zero-order valence-corrected chi connectivity index (χ0v) is 18.8. The average Bonchev–Trinajstić information content (AvgIpc) is 3.34. The second kappa shape index (κ2) is 8.24. The number of carbonyl (C=O) groups is 1. The van der Waals surface area contributed by atoms with Crippen LogP contribution in [0.15, 0.2) is 70.4 Å². The number of para-hydroxylation sites is 1. The van der Waals surface area contributed by atoms with E-state index in [1.165, 1.54) is 27.9 Å². The summed E-state index contributed by atoms with van der Waals surface area (Å²) >= 11 is 1.38. The lowest BCUT2D eigenvalue weighted by Gasteiger charge is -2.20. The lowest BCUT2D eigenvalue weighted by atomic mass is 10.1. The van der Waals surface area contributed by atoms with Gasteiger partial charge < -0.3 is 4.57 Å². The molecule has 0 saturated heterocycles. The van der Waals surface area contributed by atoms with Gasteiger partial charge in [0.2, 0.25) is 5.17 Å². The first-order valence-corrected chi connectivity index (χ1v) is 11.5. The summed E-state index contributed by atoms with van der Waals surface area (Å²) in [5, 5.41) is 17.0. The summed E-state index contributed by atoms with van der Waals surface area (Å²) in [4.78, 5) is 17.0. The number of nitrogens with zero attached hydrogens (tertiary/aromatic N) is 4. The van der Waals surface area contributed by atoms with E-state index in [0.29, 0.717) is 5.17 Å². The molecule has 2 aliphatic rings. The molecule has 3 heterocycles. The van der Waals surface area contributed by atoms with Crippen LogP contribution in [-0.2, 0) is 11.3 Å². The highest BCUT2D eigenvalue weighted by atomic mass is 32.2. The molecule has 160 valence electrons. The molecule has 0 radical (unpaired) electrons. The van der Waals surface area contributed by atoms with Crippen LogP contribution in [0.2, 0.25) is 0 Å². The van der Waals surface area contributed by atoms with Gasteiger partial charge in [0.05, 0.1) is 5.57 Å². The van der Waals surface area contributed by atoms with Crippen LogP contribution >= 0.6 is 11.8 Å². The predicted octanol–water partition coefficient (Wildman–Crippen LogP) is 5.42. The summed E-state index contributed by atoms with van der Waals surface area (Å²) in [5.41, 5.74) is 4.72. The molecule has 3 aromatic rings. The Hall–Kier alpha value is -3.45. The Bertz CT molecular complexity index is 1350. The van der Waals surface area contributed by atoms with Crippen LogP contribution in [0.5, 0.6) is 0 Å². The van der Waals surface area contributed by atoms with Gasteiger partial charge in [-0.3, -0.25) is 10.2 Å². The van der Waals surface area contributed by atoms with E-state index in [-0.39, 0.29) is 11.4 Å². The number of fused-ring (bicyclic) bond motifs is 2. The van der Waals surface area contributed by atoms with Crippen LogP contribution in [0.1, 0.15) is 36.5 Å². The van der Waals surface area contributed by atoms with Gasteiger partial charge in [0.15, 0.2) is 5.84 Å². The van der Waals surface area contributed by atoms with Crippen molar-refractivity contribution in [1.29, 1.82) is 5.41 Å². The molecular formula is C25H23N5OS. The van der Waals surface area contributed by atoms with Gasteiger partial charge in [-0.05, 0) is 54.8 Å². The molecular weight excluding hydrogens is 418 g/mol. The van der Waals surface area contributed by atoms with Gasteiger partial charge in [-0.25, -0.2) is 0 Å². The van der Waals surface area contributed by atoms with Gasteiger partial charge in [-0.15, -0.1) is 0 Å². The van der Waals surface area contributed by atoms with Crippen molar-refractivity contribution in [3.8, 4) is 0 Å². The van der Waals surface area contributed by atoms with Crippen molar-refractivity contribution in [3.05, 3.63) is 77.0 Å². The number of thioether (sulfide) groups is 1. The third-order valence-electron chi connectivity index (χ3n) is 5.68. The van der Waals surface area contributed by atoms with Crippen molar-refractivity contribution < 1.29 is 4.79 Å². The molecule has 0 atom stereocenters. The zero-order chi connectivity index (χ0) is 22.2. The molecule has 0 aliphatic carbocycles. The monoisotopic (exact) mass is 441 g/mol. The number of rotatable bonds is 5. The minimum Gasteiger partial charge on any atom is -0.342 e. The summed E-state index contributed by atoms with van der Waals surface area (Å²) in [7, 11) is 0. The van der Waals surface area contributed by atoms with Gasteiger partial charge in [-0.2, -0.15) is 15.1 Å². The second-order valence-electron chi connectivity index (χ2n) is 7.92. The Morgan fingerprint density at radius 2 is 1.91 bits per heavy atom. The number of hydrazone groups is 1. The lowest BCUT2D eigenvalue weighted by molar-refractivity contribution is -0.114. The van der Waals surface area contributed by atoms with Crippen molar-refractivity contribution >= 4 is 50.7 Å². The Kier molecular flexibility index (Phi) is 5.27. The number of aryl methyl sites for hydroxylation is 1. The van der Waals surface area contributed by atoms with Crippen LogP contribution in [0.4, 0.5) is 0 Å². The summed E-state index contributed by atoms with van der Waals surface area (Å²) in [6.45, 7) is 4.93. The Morgan fingerprint density at radius 3 is 2.72 bits per heavy atom. The number of nitrogens with one attached hydrogen (secondary N) is 1. The summed E-state index contributed by atoms with van der Waals surface area (Å²) in [6, 6.07) is 16.5. The summed E-state index contributed by atoms with van der Waals surface area (Å²) in [6.07, 6.45) is 5.60. The molecule has 0 spiro atoms. The molecule has 2 aliphatic heterocycles. The van der Waals surface area contributed by atoms with Gasteiger partial charge >= 0.3 is 0 Å². The molecule has 6 nitrogen and oxygen atoms in total. The zero-order valence-electron chi connectivity index (χ0n) is 18.0. The molecule has 2 aromatic carbocycles. The molecule has 1 N–H and O–H groups in total. The molecule has 1 aromatic heterocycles. The van der Waals surface area contributed by atoms with E-state index >= 15 is 0 Å². The highest BCUT2D eigenvalue weighted by Gasteiger charge is 2.35. The number of carbonyl (C=O) groups excluding carboxylic acids is 1. The SMILES string of the molecule is CCCC1=NN2C(=N)/C(=C/c3cn(Cc4ccccc4C)c4ccccc34)C(=O)N=C2S1. The van der Waals surface area contributed by atoms with Crippen LogP contribution in [0.3, 0.4) is 0 Å². The Labute approximate surface area is 190 Å². The number of benzene rings is 2. The van der Waals surface area contributed by atoms with E-state index in [2.05, 4.69) is 59.0 Å². The van der Waals surface area contributed by atoms with E-state index in [0.717, 1.165) is 40.9 Å². The molecule has 5 rings (SSSR count). The molecule has 0 saturated carbocycles. The van der Waals surface area contributed by atoms with Crippen molar-refractivity contribution in [2.24, 2.45) is 10.1 Å². The van der Waals surface area contributed by atoms with Crippen molar-refractivity contribution in [2.45, 2.75) is 33.2 Å². The Balaban J connectivity index is 1.55. The van der Waals surface area contributed by atoms with Crippen LogP contribution in [0.25, 0.3) is 17.0 Å². The van der Waals surface area contributed by atoms with Gasteiger partial charge in [-0.1, -0.05) is 49.4 Å². The smallest absolute Gasteiger partial charge is 0.283 e. The summed E-state index contributed by atoms with van der Waals surface area (Å²) < 4.78 is 2.19. The first kappa shape index (κ1) is 20.5. The largest absolute Gasteiger partial charge is 0.342 e. The van der Waals surface area contributed by atoms with E-state index in [4.69, 9.17) is 5.41 Å². The maximum atomic E-state index is 12.8. The van der Waals surface area contributed by atoms with Crippen molar-refractivity contribution in [2.75, 3.05) is 0 Å². The maximum Gasteiger partial charge on any atom is 0.283 e. The van der Waals surface area contributed by atoms with Gasteiger partial charge in [0, 0.05) is 29.2 Å². The Morgan fingerprint density at radius 1 is 1.12 bits per heavy atom. The van der Waals surface area contributed by atoms with Gasteiger partial charge in [0.25, 0.3) is 5.91 Å². The predicted molar refractivity (Wildman–Crippen MR) is 132 cm³/mol. The number of hydrogen-bond donors (Lipinski definition) is 1. The minimum atomic E-state index is -0.391.